The van der Waals surface area contributed by atoms with E-state index in [1.54, 1.807) is 0 Å². The Hall–Kier alpha value is -1.84. The van der Waals surface area contributed by atoms with Gasteiger partial charge < -0.3 is 5.73 Å². The van der Waals surface area contributed by atoms with Gasteiger partial charge in [0.1, 0.15) is 0 Å². The van der Waals surface area contributed by atoms with Crippen LogP contribution in [0.1, 0.15) is 11.1 Å². The highest BCUT2D eigenvalue weighted by molar-refractivity contribution is 5.64. The zero-order chi connectivity index (χ0) is 10.1. The maximum absolute atomic E-state index is 5.46. The van der Waals surface area contributed by atoms with E-state index in [2.05, 4.69) is 15.2 Å². The molecule has 0 amide bonds. The smallest absolute Gasteiger partial charge is 0.239 e. The van der Waals surface area contributed by atoms with Crippen LogP contribution >= 0.6 is 0 Å². The lowest BCUT2D eigenvalue weighted by Gasteiger charge is -2.04. The molecule has 0 spiro atoms. The number of H-pyrrole nitrogens is 1. The van der Waals surface area contributed by atoms with E-state index in [4.69, 9.17) is 5.73 Å². The molecule has 0 atom stereocenters. The fourth-order valence-corrected chi connectivity index (χ4v) is 1.57. The molecule has 2 rings (SSSR count). The Bertz CT molecular complexity index is 439. The number of nitrogens with zero attached hydrogens (tertiary/aromatic N) is 2. The standard InChI is InChI=1S/C10H12N4/c1-6-4-3-5-7(2)8(6)9-12-10(11)14-13-9/h3-5H,1-2H3,(H3,11,12,13,14). The first-order valence-corrected chi connectivity index (χ1v) is 4.43. The Kier molecular flexibility index (Phi) is 1.96. The molecule has 0 aliphatic heterocycles. The molecule has 0 saturated carbocycles. The van der Waals surface area contributed by atoms with Crippen LogP contribution in [0.3, 0.4) is 0 Å². The Balaban J connectivity index is 2.61. The average molecular weight is 188 g/mol. The van der Waals surface area contributed by atoms with Gasteiger partial charge in [0.2, 0.25) is 5.95 Å². The van der Waals surface area contributed by atoms with Crippen molar-refractivity contribution in [3.63, 3.8) is 0 Å². The lowest BCUT2D eigenvalue weighted by Crippen LogP contribution is -1.90. The van der Waals surface area contributed by atoms with E-state index in [0.717, 1.165) is 11.4 Å². The number of nitrogens with two attached hydrogens (primary N) is 1. The molecule has 0 aliphatic rings. The summed E-state index contributed by atoms with van der Waals surface area (Å²) in [5, 5.41) is 6.63. The number of aromatic nitrogens is 3. The second-order valence-corrected chi connectivity index (χ2v) is 3.31. The predicted octanol–water partition coefficient (Wildman–Crippen LogP) is 1.67. The van der Waals surface area contributed by atoms with Crippen LogP contribution in [-0.4, -0.2) is 15.2 Å². The number of aromatic amines is 1. The predicted molar refractivity (Wildman–Crippen MR) is 55.7 cm³/mol. The van der Waals surface area contributed by atoms with Crippen molar-refractivity contribution in [1.29, 1.82) is 0 Å². The zero-order valence-electron chi connectivity index (χ0n) is 8.20. The quantitative estimate of drug-likeness (QED) is 0.715. The summed E-state index contributed by atoms with van der Waals surface area (Å²) in [4.78, 5) is 4.11. The van der Waals surface area contributed by atoms with Gasteiger partial charge in [0.25, 0.3) is 0 Å². The first-order chi connectivity index (χ1) is 6.68. The summed E-state index contributed by atoms with van der Waals surface area (Å²) in [6.07, 6.45) is 0. The van der Waals surface area contributed by atoms with Gasteiger partial charge in [-0.2, -0.15) is 4.98 Å². The van der Waals surface area contributed by atoms with Crippen molar-refractivity contribution in [2.45, 2.75) is 13.8 Å². The summed E-state index contributed by atoms with van der Waals surface area (Å²) in [6, 6.07) is 6.11. The van der Waals surface area contributed by atoms with Crippen LogP contribution in [-0.2, 0) is 0 Å². The molecule has 2 aromatic rings. The van der Waals surface area contributed by atoms with Gasteiger partial charge in [0, 0.05) is 5.56 Å². The van der Waals surface area contributed by atoms with Crippen molar-refractivity contribution >= 4 is 5.95 Å². The van der Waals surface area contributed by atoms with Crippen molar-refractivity contribution in [2.75, 3.05) is 5.73 Å². The third-order valence-electron chi connectivity index (χ3n) is 2.22. The van der Waals surface area contributed by atoms with E-state index in [1.807, 2.05) is 32.0 Å². The van der Waals surface area contributed by atoms with Gasteiger partial charge in [-0.05, 0) is 25.0 Å². The van der Waals surface area contributed by atoms with Gasteiger partial charge >= 0.3 is 0 Å². The van der Waals surface area contributed by atoms with Crippen LogP contribution in [0.4, 0.5) is 5.95 Å². The van der Waals surface area contributed by atoms with Gasteiger partial charge in [-0.15, -0.1) is 5.10 Å². The first kappa shape index (κ1) is 8.74. The van der Waals surface area contributed by atoms with Crippen molar-refractivity contribution < 1.29 is 0 Å². The number of hydrogen-bond donors (Lipinski definition) is 2. The number of nitrogen functional groups attached to an aromatic ring is 1. The van der Waals surface area contributed by atoms with Crippen LogP contribution in [0.5, 0.6) is 0 Å². The van der Waals surface area contributed by atoms with Crippen molar-refractivity contribution in [1.82, 2.24) is 15.2 Å². The van der Waals surface area contributed by atoms with E-state index in [1.165, 1.54) is 11.1 Å². The van der Waals surface area contributed by atoms with E-state index < -0.39 is 0 Å². The van der Waals surface area contributed by atoms with Crippen molar-refractivity contribution in [3.05, 3.63) is 29.3 Å². The molecule has 0 fully saturated rings. The average Bonchev–Trinajstić information content (AvgIpc) is 2.51. The number of aryl methyl sites for hydroxylation is 2. The third kappa shape index (κ3) is 1.35. The second kappa shape index (κ2) is 3.14. The molecule has 1 aromatic heterocycles. The minimum absolute atomic E-state index is 0.280. The summed E-state index contributed by atoms with van der Waals surface area (Å²) in [6.45, 7) is 4.09. The van der Waals surface area contributed by atoms with Crippen LogP contribution < -0.4 is 5.73 Å². The van der Waals surface area contributed by atoms with Crippen molar-refractivity contribution in [3.8, 4) is 11.4 Å². The minimum Gasteiger partial charge on any atom is -0.366 e. The molecule has 1 heterocycles. The summed E-state index contributed by atoms with van der Waals surface area (Å²) in [7, 11) is 0. The molecule has 0 aliphatic carbocycles. The van der Waals surface area contributed by atoms with E-state index in [-0.39, 0.29) is 5.95 Å². The fourth-order valence-electron chi connectivity index (χ4n) is 1.57. The van der Waals surface area contributed by atoms with Crippen LogP contribution in [0.25, 0.3) is 11.4 Å². The molecular formula is C10H12N4. The zero-order valence-corrected chi connectivity index (χ0v) is 8.20. The highest BCUT2D eigenvalue weighted by Crippen LogP contribution is 2.23. The molecule has 3 N–H and O–H groups in total. The van der Waals surface area contributed by atoms with Crippen LogP contribution in [0.15, 0.2) is 18.2 Å². The molecule has 0 bridgehead atoms. The number of benzene rings is 1. The molecule has 14 heavy (non-hydrogen) atoms. The van der Waals surface area contributed by atoms with E-state index in [9.17, 15) is 0 Å². The van der Waals surface area contributed by atoms with Gasteiger partial charge in [0.05, 0.1) is 0 Å². The number of nitrogens with one attached hydrogen (secondary N) is 1. The van der Waals surface area contributed by atoms with Gasteiger partial charge in [-0.25, -0.2) is 0 Å². The molecule has 4 heteroatoms. The van der Waals surface area contributed by atoms with Gasteiger partial charge in [-0.3, -0.25) is 5.10 Å². The lowest BCUT2D eigenvalue weighted by molar-refractivity contribution is 1.10. The fraction of sp³-hybridized carbons (Fsp3) is 0.200. The van der Waals surface area contributed by atoms with Gasteiger partial charge in [-0.1, -0.05) is 18.2 Å². The highest BCUT2D eigenvalue weighted by Gasteiger charge is 2.08. The molecule has 0 unspecified atom stereocenters. The highest BCUT2D eigenvalue weighted by atomic mass is 15.3. The minimum atomic E-state index is 0.280. The number of hydrogen-bond acceptors (Lipinski definition) is 3. The number of rotatable bonds is 1. The topological polar surface area (TPSA) is 67.6 Å². The SMILES string of the molecule is Cc1cccc(C)c1-c1nc(N)n[nH]1. The lowest BCUT2D eigenvalue weighted by atomic mass is 10.0. The molecule has 72 valence electrons. The Morgan fingerprint density at radius 1 is 1.21 bits per heavy atom. The van der Waals surface area contributed by atoms with Crippen LogP contribution in [0.2, 0.25) is 0 Å². The van der Waals surface area contributed by atoms with Crippen molar-refractivity contribution in [2.24, 2.45) is 0 Å². The second-order valence-electron chi connectivity index (χ2n) is 3.31. The molecule has 1 aromatic carbocycles. The number of anilines is 1. The van der Waals surface area contributed by atoms with E-state index >= 15 is 0 Å². The molecule has 4 nitrogen and oxygen atoms in total. The largest absolute Gasteiger partial charge is 0.366 e. The van der Waals surface area contributed by atoms with Gasteiger partial charge in [0.15, 0.2) is 5.82 Å². The third-order valence-corrected chi connectivity index (χ3v) is 2.22. The van der Waals surface area contributed by atoms with Crippen LogP contribution in [0, 0.1) is 13.8 Å². The monoisotopic (exact) mass is 188 g/mol. The van der Waals surface area contributed by atoms with E-state index in [0.29, 0.717) is 0 Å². The molecule has 0 radical (unpaired) electrons. The maximum atomic E-state index is 5.46. The maximum Gasteiger partial charge on any atom is 0.239 e. The molecular weight excluding hydrogens is 176 g/mol. The Morgan fingerprint density at radius 3 is 2.36 bits per heavy atom. The summed E-state index contributed by atoms with van der Waals surface area (Å²) >= 11 is 0. The summed E-state index contributed by atoms with van der Waals surface area (Å²) in [5.41, 5.74) is 8.88. The normalized spacial score (nSPS) is 10.4. The Labute approximate surface area is 82.2 Å². The summed E-state index contributed by atoms with van der Waals surface area (Å²) in [5.74, 6) is 1.01. The summed E-state index contributed by atoms with van der Waals surface area (Å²) < 4.78 is 0. The first-order valence-electron chi connectivity index (χ1n) is 4.43. The molecule has 0 saturated heterocycles. The Morgan fingerprint density at radius 2 is 1.86 bits per heavy atom.